The summed E-state index contributed by atoms with van der Waals surface area (Å²) >= 11 is 4.78. The van der Waals surface area contributed by atoms with Crippen LogP contribution in [-0.4, -0.2) is 29.7 Å². The number of hydrogen-bond acceptors (Lipinski definition) is 4. The lowest BCUT2D eigenvalue weighted by Crippen LogP contribution is -2.39. The van der Waals surface area contributed by atoms with E-state index in [0.717, 1.165) is 12.8 Å². The molecule has 1 unspecified atom stereocenters. The van der Waals surface area contributed by atoms with Crippen molar-refractivity contribution in [1.29, 1.82) is 0 Å². The van der Waals surface area contributed by atoms with Crippen LogP contribution in [0.5, 0.6) is 5.75 Å². The predicted molar refractivity (Wildman–Crippen MR) is 80.9 cm³/mol. The second kappa shape index (κ2) is 6.19. The Morgan fingerprint density at radius 3 is 2.95 bits per heavy atom. The van der Waals surface area contributed by atoms with Gasteiger partial charge in [-0.1, -0.05) is 24.4 Å². The third kappa shape index (κ3) is 3.46. The molecule has 0 radical (unpaired) electrons. The minimum absolute atomic E-state index is 0.135. The highest BCUT2D eigenvalue weighted by Crippen LogP contribution is 2.29. The highest BCUT2D eigenvalue weighted by molar-refractivity contribution is 7.80. The van der Waals surface area contributed by atoms with Gasteiger partial charge < -0.3 is 20.5 Å². The largest absolute Gasteiger partial charge is 0.484 e. The molecular weight excluding hydrogens is 276 g/mol. The van der Waals surface area contributed by atoms with Gasteiger partial charge in [-0.15, -0.1) is 0 Å². The molecule has 6 heteroatoms. The smallest absolute Gasteiger partial charge is 0.256 e. The molecule has 5 nitrogen and oxygen atoms in total. The van der Waals surface area contributed by atoms with Gasteiger partial charge in [-0.05, 0) is 31.9 Å². The quantitative estimate of drug-likeness (QED) is 0.811. The fourth-order valence-electron chi connectivity index (χ4n) is 2.06. The van der Waals surface area contributed by atoms with E-state index in [1.54, 1.807) is 19.1 Å². The summed E-state index contributed by atoms with van der Waals surface area (Å²) in [6, 6.07) is 7.16. The molecule has 1 fully saturated rings. The number of nitrogens with one attached hydrogen (secondary N) is 1. The Hall–Kier alpha value is -1.66. The number of rotatable bonds is 5. The number of benzene rings is 1. The number of nitrogens with two attached hydrogens (primary N) is 1. The molecule has 3 N–H and O–H groups in total. The second-order valence-corrected chi connectivity index (χ2v) is 5.41. The van der Waals surface area contributed by atoms with Crippen molar-refractivity contribution in [3.05, 3.63) is 24.3 Å². The van der Waals surface area contributed by atoms with Crippen molar-refractivity contribution >= 4 is 28.8 Å². The first-order chi connectivity index (χ1) is 9.51. The average molecular weight is 294 g/mol. The van der Waals surface area contributed by atoms with Crippen LogP contribution in [0.4, 0.5) is 5.69 Å². The van der Waals surface area contributed by atoms with E-state index in [2.05, 4.69) is 5.32 Å². The van der Waals surface area contributed by atoms with Crippen molar-refractivity contribution in [2.45, 2.75) is 25.4 Å². The van der Waals surface area contributed by atoms with Crippen LogP contribution in [0, 0.1) is 0 Å². The van der Waals surface area contributed by atoms with E-state index in [-0.39, 0.29) is 17.5 Å². The third-order valence-electron chi connectivity index (χ3n) is 3.20. The maximum absolute atomic E-state index is 12.3. The van der Waals surface area contributed by atoms with Gasteiger partial charge in [0.25, 0.3) is 5.91 Å². The Labute approximate surface area is 123 Å². The van der Waals surface area contributed by atoms with Gasteiger partial charge in [0.1, 0.15) is 22.9 Å². The number of thiocarbonyl (C=S) groups is 1. The molecule has 1 atom stereocenters. The fourth-order valence-corrected chi connectivity index (χ4v) is 2.12. The summed E-state index contributed by atoms with van der Waals surface area (Å²) in [6.45, 7) is 2.55. The first-order valence-electron chi connectivity index (χ1n) is 6.47. The molecule has 1 aromatic carbocycles. The van der Waals surface area contributed by atoms with Gasteiger partial charge in [-0.2, -0.15) is 0 Å². The summed E-state index contributed by atoms with van der Waals surface area (Å²) in [4.78, 5) is 12.5. The molecule has 0 saturated carbocycles. The van der Waals surface area contributed by atoms with Crippen LogP contribution in [0.15, 0.2) is 24.3 Å². The van der Waals surface area contributed by atoms with Gasteiger partial charge in [0.15, 0.2) is 0 Å². The Bertz CT molecular complexity index is 513. The van der Waals surface area contributed by atoms with Crippen LogP contribution in [0.2, 0.25) is 0 Å². The van der Waals surface area contributed by atoms with Gasteiger partial charge in [0.05, 0.1) is 5.69 Å². The van der Waals surface area contributed by atoms with Crippen LogP contribution in [0.1, 0.15) is 19.8 Å². The number of carbonyl (C=O) groups is 1. The van der Waals surface area contributed by atoms with Crippen molar-refractivity contribution in [2.24, 2.45) is 5.73 Å². The number of amides is 1. The maximum Gasteiger partial charge on any atom is 0.256 e. The second-order valence-electron chi connectivity index (χ2n) is 4.89. The standard InChI is InChI=1S/C14H18N2O3S/c1-14(7-4-8-19-14)13(17)16-10-5-2-3-6-11(10)18-9-12(15)20/h2-3,5-6H,4,7-9H2,1H3,(H2,15,20)(H,16,17). The normalized spacial score (nSPS) is 21.4. The topological polar surface area (TPSA) is 73.6 Å². The molecule has 108 valence electrons. The monoisotopic (exact) mass is 294 g/mol. The first-order valence-corrected chi connectivity index (χ1v) is 6.88. The lowest BCUT2D eigenvalue weighted by Gasteiger charge is -2.22. The molecule has 1 heterocycles. The van der Waals surface area contributed by atoms with Crippen molar-refractivity contribution in [2.75, 3.05) is 18.5 Å². The molecule has 1 aliphatic rings. The van der Waals surface area contributed by atoms with Crippen LogP contribution in [0.3, 0.4) is 0 Å². The summed E-state index contributed by atoms with van der Waals surface area (Å²) in [5, 5.41) is 2.84. The zero-order valence-electron chi connectivity index (χ0n) is 11.3. The number of anilines is 1. The van der Waals surface area contributed by atoms with Gasteiger partial charge in [-0.25, -0.2) is 0 Å². The Morgan fingerprint density at radius 2 is 2.30 bits per heavy atom. The molecule has 0 aromatic heterocycles. The maximum atomic E-state index is 12.3. The van der Waals surface area contributed by atoms with Gasteiger partial charge in [-0.3, -0.25) is 4.79 Å². The van der Waals surface area contributed by atoms with E-state index >= 15 is 0 Å². The summed E-state index contributed by atoms with van der Waals surface area (Å²) in [6.07, 6.45) is 1.61. The van der Waals surface area contributed by atoms with E-state index in [9.17, 15) is 4.79 Å². The fraction of sp³-hybridized carbons (Fsp3) is 0.429. The molecule has 0 aliphatic carbocycles. The average Bonchev–Trinajstić information content (AvgIpc) is 2.86. The van der Waals surface area contributed by atoms with E-state index in [1.807, 2.05) is 12.1 Å². The zero-order valence-corrected chi connectivity index (χ0v) is 12.2. The summed E-state index contributed by atoms with van der Waals surface area (Å²) in [7, 11) is 0. The first kappa shape index (κ1) is 14.7. The SMILES string of the molecule is CC1(C(=O)Nc2ccccc2OCC(N)=S)CCCO1. The molecular formula is C14H18N2O3S. The number of ether oxygens (including phenoxy) is 2. The third-order valence-corrected chi connectivity index (χ3v) is 3.32. The van der Waals surface area contributed by atoms with E-state index in [0.29, 0.717) is 18.0 Å². The molecule has 1 aromatic rings. The van der Waals surface area contributed by atoms with Gasteiger partial charge in [0, 0.05) is 6.61 Å². The van der Waals surface area contributed by atoms with Crippen molar-refractivity contribution < 1.29 is 14.3 Å². The molecule has 0 bridgehead atoms. The molecule has 1 amide bonds. The molecule has 1 aliphatic heterocycles. The lowest BCUT2D eigenvalue weighted by molar-refractivity contribution is -0.133. The molecule has 20 heavy (non-hydrogen) atoms. The molecule has 1 saturated heterocycles. The van der Waals surface area contributed by atoms with Gasteiger partial charge >= 0.3 is 0 Å². The lowest BCUT2D eigenvalue weighted by atomic mass is 10.0. The van der Waals surface area contributed by atoms with Crippen molar-refractivity contribution in [1.82, 2.24) is 0 Å². The van der Waals surface area contributed by atoms with Crippen molar-refractivity contribution in [3.63, 3.8) is 0 Å². The van der Waals surface area contributed by atoms with Crippen LogP contribution >= 0.6 is 12.2 Å². The number of carbonyl (C=O) groups excluding carboxylic acids is 1. The minimum Gasteiger partial charge on any atom is -0.484 e. The number of para-hydroxylation sites is 2. The van der Waals surface area contributed by atoms with E-state index in [4.69, 9.17) is 27.4 Å². The predicted octanol–water partition coefficient (Wildman–Crippen LogP) is 1.86. The van der Waals surface area contributed by atoms with Crippen LogP contribution in [0.25, 0.3) is 0 Å². The Balaban J connectivity index is 2.08. The highest BCUT2D eigenvalue weighted by atomic mass is 32.1. The summed E-state index contributed by atoms with van der Waals surface area (Å²) in [5.74, 6) is 0.372. The van der Waals surface area contributed by atoms with E-state index < -0.39 is 5.60 Å². The summed E-state index contributed by atoms with van der Waals surface area (Å²) < 4.78 is 11.0. The van der Waals surface area contributed by atoms with Crippen LogP contribution < -0.4 is 15.8 Å². The summed E-state index contributed by atoms with van der Waals surface area (Å²) in [5.41, 5.74) is 5.23. The number of hydrogen-bond donors (Lipinski definition) is 2. The zero-order chi connectivity index (χ0) is 14.6. The minimum atomic E-state index is -0.768. The van der Waals surface area contributed by atoms with Crippen molar-refractivity contribution in [3.8, 4) is 5.75 Å². The molecule has 2 rings (SSSR count). The Kier molecular flexibility index (Phi) is 4.57. The van der Waals surface area contributed by atoms with E-state index in [1.165, 1.54) is 0 Å². The van der Waals surface area contributed by atoms with Crippen LogP contribution in [-0.2, 0) is 9.53 Å². The molecule has 0 spiro atoms. The van der Waals surface area contributed by atoms with Gasteiger partial charge in [0.2, 0.25) is 0 Å². The highest BCUT2D eigenvalue weighted by Gasteiger charge is 2.37. The Morgan fingerprint density at radius 1 is 1.55 bits per heavy atom.